The Kier molecular flexibility index (Phi) is 5.15. The lowest BCUT2D eigenvalue weighted by molar-refractivity contribution is 0.772. The Hall–Kier alpha value is -2.70. The lowest BCUT2D eigenvalue weighted by Gasteiger charge is -2.22. The van der Waals surface area contributed by atoms with Crippen LogP contribution in [0.3, 0.4) is 0 Å². The third kappa shape index (κ3) is 3.41. The van der Waals surface area contributed by atoms with Gasteiger partial charge in [0.15, 0.2) is 0 Å². The number of halogens is 2. The number of hydrogen-bond acceptors (Lipinski definition) is 4. The second-order valence-corrected chi connectivity index (χ2v) is 7.60. The molecule has 0 spiro atoms. The third-order valence-electron chi connectivity index (χ3n) is 4.50. The fourth-order valence-electron chi connectivity index (χ4n) is 3.20. The molecule has 0 aliphatic heterocycles. The van der Waals surface area contributed by atoms with Crippen molar-refractivity contribution in [3.8, 4) is 5.69 Å². The first-order chi connectivity index (χ1) is 13.6. The number of para-hydroxylation sites is 1. The molecule has 0 radical (unpaired) electrons. The first kappa shape index (κ1) is 18.7. The van der Waals surface area contributed by atoms with Crippen molar-refractivity contribution in [1.29, 1.82) is 0 Å². The number of anilines is 1. The molecule has 0 fully saturated rings. The Morgan fingerprint density at radius 3 is 2.68 bits per heavy atom. The molecule has 2 aromatic heterocycles. The van der Waals surface area contributed by atoms with E-state index in [1.165, 1.54) is 6.33 Å². The number of aromatic nitrogens is 3. The van der Waals surface area contributed by atoms with Gasteiger partial charge in [-0.3, -0.25) is 9.36 Å². The predicted molar refractivity (Wildman–Crippen MR) is 116 cm³/mol. The van der Waals surface area contributed by atoms with Crippen molar-refractivity contribution in [1.82, 2.24) is 14.5 Å². The Morgan fingerprint density at radius 2 is 1.93 bits per heavy atom. The number of fused-ring (bicyclic) bond motifs is 1. The maximum Gasteiger partial charge on any atom is 0.264 e. The average molecular weight is 456 g/mol. The quantitative estimate of drug-likeness (QED) is 0.449. The van der Waals surface area contributed by atoms with E-state index in [0.29, 0.717) is 16.2 Å². The van der Waals surface area contributed by atoms with E-state index in [1.807, 2.05) is 55.5 Å². The summed E-state index contributed by atoms with van der Waals surface area (Å²) in [6.45, 7) is 1.99. The molecule has 0 aliphatic rings. The molecule has 0 saturated carbocycles. The normalized spacial score (nSPS) is 12.1. The number of pyridine rings is 1. The van der Waals surface area contributed by atoms with Crippen LogP contribution in [0.15, 0.2) is 76.4 Å². The van der Waals surface area contributed by atoms with E-state index in [4.69, 9.17) is 11.6 Å². The molecule has 1 atom stereocenters. The van der Waals surface area contributed by atoms with Crippen LogP contribution < -0.4 is 10.9 Å². The number of hydrogen-bond donors (Lipinski definition) is 1. The van der Waals surface area contributed by atoms with Gasteiger partial charge in [0.25, 0.3) is 5.56 Å². The molecule has 0 aliphatic carbocycles. The fraction of sp³-hybridized carbons (Fsp3) is 0.0952. The molecule has 7 heteroatoms. The molecule has 140 valence electrons. The Morgan fingerprint density at radius 1 is 1.14 bits per heavy atom. The third-order valence-corrected chi connectivity index (χ3v) is 5.40. The van der Waals surface area contributed by atoms with Crippen molar-refractivity contribution in [3.63, 3.8) is 0 Å². The summed E-state index contributed by atoms with van der Waals surface area (Å²) in [4.78, 5) is 21.7. The molecule has 0 saturated heterocycles. The van der Waals surface area contributed by atoms with E-state index in [2.05, 4.69) is 31.2 Å². The van der Waals surface area contributed by atoms with Crippen molar-refractivity contribution < 1.29 is 0 Å². The summed E-state index contributed by atoms with van der Waals surface area (Å²) in [6, 6.07) is 16.8. The van der Waals surface area contributed by atoms with Crippen LogP contribution in [0.5, 0.6) is 0 Å². The van der Waals surface area contributed by atoms with Gasteiger partial charge in [-0.2, -0.15) is 0 Å². The first-order valence-corrected chi connectivity index (χ1v) is 9.85. The molecule has 4 rings (SSSR count). The molecular formula is C21H16BrClN4O. The summed E-state index contributed by atoms with van der Waals surface area (Å²) in [5, 5.41) is 5.10. The summed E-state index contributed by atoms with van der Waals surface area (Å²) in [5.74, 6) is 0.653. The molecule has 2 heterocycles. The molecular weight excluding hydrogens is 440 g/mol. The molecule has 2 aromatic carbocycles. The standard InChI is InChI=1S/C21H16BrClN4O/c1-13(26-20-16(22)11-24-12-25-20)18-10-14-6-5-9-17(23)19(14)21(28)27(18)15-7-3-2-4-8-15/h2-13H,1H3,(H,24,25,26). The van der Waals surface area contributed by atoms with E-state index < -0.39 is 0 Å². The van der Waals surface area contributed by atoms with Crippen molar-refractivity contribution in [2.24, 2.45) is 0 Å². The van der Waals surface area contributed by atoms with Crippen LogP contribution in [-0.2, 0) is 0 Å². The van der Waals surface area contributed by atoms with Crippen molar-refractivity contribution >= 4 is 44.1 Å². The SMILES string of the molecule is CC(Nc1ncncc1Br)c1cc2cccc(Cl)c2c(=O)n1-c1ccccc1. The Balaban J connectivity index is 1.94. The minimum absolute atomic E-state index is 0.153. The first-order valence-electron chi connectivity index (χ1n) is 8.68. The summed E-state index contributed by atoms with van der Waals surface area (Å²) < 4.78 is 2.44. The predicted octanol–water partition coefficient (Wildman–Crippen LogP) is 5.37. The number of nitrogens with one attached hydrogen (secondary N) is 1. The Bertz CT molecular complexity index is 1210. The van der Waals surface area contributed by atoms with E-state index in [1.54, 1.807) is 16.8 Å². The Labute approximate surface area is 175 Å². The van der Waals surface area contributed by atoms with E-state index in [9.17, 15) is 4.79 Å². The van der Waals surface area contributed by atoms with Crippen molar-refractivity contribution in [3.05, 3.63) is 92.7 Å². The van der Waals surface area contributed by atoms with Gasteiger partial charge in [0.05, 0.1) is 20.9 Å². The topological polar surface area (TPSA) is 59.8 Å². The number of nitrogens with zero attached hydrogens (tertiary/aromatic N) is 3. The monoisotopic (exact) mass is 454 g/mol. The van der Waals surface area contributed by atoms with Crippen molar-refractivity contribution in [2.75, 3.05) is 5.32 Å². The van der Waals surface area contributed by atoms with Gasteiger partial charge in [-0.1, -0.05) is 41.9 Å². The maximum atomic E-state index is 13.4. The molecule has 0 amide bonds. The molecule has 0 bridgehead atoms. The number of rotatable bonds is 4. The smallest absolute Gasteiger partial charge is 0.264 e. The second kappa shape index (κ2) is 7.73. The molecule has 1 unspecified atom stereocenters. The van der Waals surface area contributed by atoms with Gasteiger partial charge in [0.2, 0.25) is 0 Å². The van der Waals surface area contributed by atoms with Crippen LogP contribution in [0.25, 0.3) is 16.5 Å². The fourth-order valence-corrected chi connectivity index (χ4v) is 3.80. The van der Waals surface area contributed by atoms with E-state index >= 15 is 0 Å². The van der Waals surface area contributed by atoms with Gasteiger partial charge in [-0.25, -0.2) is 9.97 Å². The molecule has 4 aromatic rings. The van der Waals surface area contributed by atoms with Gasteiger partial charge in [-0.05, 0) is 52.5 Å². The van der Waals surface area contributed by atoms with Gasteiger partial charge >= 0.3 is 0 Å². The minimum Gasteiger partial charge on any atom is -0.361 e. The zero-order valence-electron chi connectivity index (χ0n) is 14.9. The van der Waals surface area contributed by atoms with E-state index in [0.717, 1.165) is 21.2 Å². The summed E-state index contributed by atoms with van der Waals surface area (Å²) >= 11 is 9.80. The van der Waals surface area contributed by atoms with Gasteiger partial charge < -0.3 is 5.32 Å². The average Bonchev–Trinajstić information content (AvgIpc) is 2.70. The summed E-state index contributed by atoms with van der Waals surface area (Å²) in [7, 11) is 0. The van der Waals surface area contributed by atoms with Gasteiger partial charge in [0, 0.05) is 17.6 Å². The van der Waals surface area contributed by atoms with Crippen LogP contribution in [0.2, 0.25) is 5.02 Å². The van der Waals surface area contributed by atoms with Crippen LogP contribution >= 0.6 is 27.5 Å². The van der Waals surface area contributed by atoms with Crippen LogP contribution in [0, 0.1) is 0 Å². The van der Waals surface area contributed by atoms with Crippen LogP contribution in [-0.4, -0.2) is 14.5 Å². The second-order valence-electron chi connectivity index (χ2n) is 6.33. The molecule has 1 N–H and O–H groups in total. The van der Waals surface area contributed by atoms with Gasteiger partial charge in [0.1, 0.15) is 12.1 Å². The summed E-state index contributed by atoms with van der Waals surface area (Å²) in [6.07, 6.45) is 3.15. The highest BCUT2D eigenvalue weighted by Crippen LogP contribution is 2.28. The number of benzene rings is 2. The van der Waals surface area contributed by atoms with E-state index in [-0.39, 0.29) is 11.6 Å². The molecule has 28 heavy (non-hydrogen) atoms. The zero-order valence-corrected chi connectivity index (χ0v) is 17.3. The highest BCUT2D eigenvalue weighted by atomic mass is 79.9. The minimum atomic E-state index is -0.206. The lowest BCUT2D eigenvalue weighted by atomic mass is 10.1. The van der Waals surface area contributed by atoms with Crippen molar-refractivity contribution in [2.45, 2.75) is 13.0 Å². The maximum absolute atomic E-state index is 13.4. The largest absolute Gasteiger partial charge is 0.361 e. The van der Waals surface area contributed by atoms with Crippen LogP contribution in [0.1, 0.15) is 18.7 Å². The lowest BCUT2D eigenvalue weighted by Crippen LogP contribution is -2.25. The molecule has 5 nitrogen and oxygen atoms in total. The van der Waals surface area contributed by atoms with Gasteiger partial charge in [-0.15, -0.1) is 0 Å². The zero-order chi connectivity index (χ0) is 19.7. The summed E-state index contributed by atoms with van der Waals surface area (Å²) in [5.41, 5.74) is 1.43. The highest BCUT2D eigenvalue weighted by molar-refractivity contribution is 9.10. The van der Waals surface area contributed by atoms with Crippen LogP contribution in [0.4, 0.5) is 5.82 Å². The highest BCUT2D eigenvalue weighted by Gasteiger charge is 2.18.